The van der Waals surface area contributed by atoms with Crippen molar-refractivity contribution in [2.75, 3.05) is 0 Å². The van der Waals surface area contributed by atoms with Crippen molar-refractivity contribution in [2.24, 2.45) is 0 Å². The Morgan fingerprint density at radius 1 is 0.667 bits per heavy atom. The molecule has 0 unspecified atom stereocenters. The van der Waals surface area contributed by atoms with E-state index in [4.69, 9.17) is 0 Å². The van der Waals surface area contributed by atoms with Crippen molar-refractivity contribution in [3.63, 3.8) is 0 Å². The van der Waals surface area contributed by atoms with Crippen molar-refractivity contribution in [1.29, 1.82) is 0 Å². The van der Waals surface area contributed by atoms with Gasteiger partial charge in [-0.25, -0.2) is 0 Å². The molecule has 0 rings (SSSR count). The van der Waals surface area contributed by atoms with E-state index < -0.39 is 0 Å². The predicted molar refractivity (Wildman–Crippen MR) is 82.8 cm³/mol. The van der Waals surface area contributed by atoms with Gasteiger partial charge in [-0.1, -0.05) is 78.6 Å². The zero-order valence-corrected chi connectivity index (χ0v) is 13.7. The zero-order valence-electron chi connectivity index (χ0n) is 12.8. The quantitative estimate of drug-likeness (QED) is 0.267. The summed E-state index contributed by atoms with van der Waals surface area (Å²) in [4.78, 5) is 0. The van der Waals surface area contributed by atoms with E-state index in [1.807, 2.05) is 0 Å². The monoisotopic (exact) mass is 272 g/mol. The topological polar surface area (TPSA) is 17.1 Å². The van der Waals surface area contributed by atoms with Gasteiger partial charge in [-0.3, -0.25) is 4.57 Å². The Kier molecular flexibility index (Phi) is 12.2. The van der Waals surface area contributed by atoms with Crippen LogP contribution in [0.5, 0.6) is 0 Å². The minimum absolute atomic E-state index is 0.109. The van der Waals surface area contributed by atoms with Crippen LogP contribution in [0.25, 0.3) is 0 Å². The molecule has 1 nitrogen and oxygen atoms in total. The van der Waals surface area contributed by atoms with Gasteiger partial charge in [0.2, 0.25) is 0 Å². The van der Waals surface area contributed by atoms with Crippen molar-refractivity contribution < 1.29 is 4.57 Å². The van der Waals surface area contributed by atoms with Gasteiger partial charge in [0.1, 0.15) is 0 Å². The van der Waals surface area contributed by atoms with E-state index >= 15 is 0 Å². The van der Waals surface area contributed by atoms with Gasteiger partial charge in [0, 0.05) is 0 Å². The first-order valence-corrected chi connectivity index (χ1v) is 8.90. The lowest BCUT2D eigenvalue weighted by molar-refractivity contribution is 0.402. The van der Waals surface area contributed by atoms with Crippen LogP contribution >= 0.6 is 8.46 Å². The van der Waals surface area contributed by atoms with Gasteiger partial charge in [-0.05, 0) is 19.3 Å². The summed E-state index contributed by atoms with van der Waals surface area (Å²) >= 11 is 0. The van der Waals surface area contributed by atoms with E-state index in [0.29, 0.717) is 8.46 Å². The number of unbranched alkanes of at least 4 members (excludes halogenated alkanes) is 6. The average molecular weight is 272 g/mol. The molecular formula is C16H33OP. The van der Waals surface area contributed by atoms with Gasteiger partial charge in [-0.2, -0.15) is 0 Å². The molecule has 0 bridgehead atoms. The molecule has 0 N–H and O–H groups in total. The molecule has 0 radical (unpaired) electrons. The fraction of sp³-hybridized carbons (Fsp3) is 1.00. The molecule has 0 spiro atoms. The first-order chi connectivity index (χ1) is 8.74. The molecule has 2 heteroatoms. The minimum Gasteiger partial charge on any atom is -0.274 e. The van der Waals surface area contributed by atoms with Crippen molar-refractivity contribution in [1.82, 2.24) is 0 Å². The molecule has 0 saturated carbocycles. The summed E-state index contributed by atoms with van der Waals surface area (Å²) in [6.45, 7) is 6.71. The second-order valence-corrected chi connectivity index (χ2v) is 6.82. The Balaban J connectivity index is 4.11. The molecule has 0 fully saturated rings. The van der Waals surface area contributed by atoms with Gasteiger partial charge in [0.25, 0.3) is 0 Å². The molecule has 0 amide bonds. The molecule has 0 aliphatic rings. The third-order valence-corrected chi connectivity index (χ3v) is 4.99. The normalized spacial score (nSPS) is 12.2. The molecule has 18 heavy (non-hydrogen) atoms. The van der Waals surface area contributed by atoms with Crippen molar-refractivity contribution in [2.45, 2.75) is 103 Å². The lowest BCUT2D eigenvalue weighted by Crippen LogP contribution is -2.21. The SMILES string of the molecule is CCCCCCCC(CCCC)(CCCC)P=O. The molecular weight excluding hydrogens is 239 g/mol. The van der Waals surface area contributed by atoms with Crippen LogP contribution in [0, 0.1) is 0 Å². The van der Waals surface area contributed by atoms with Gasteiger partial charge in [0.05, 0.1) is 5.16 Å². The van der Waals surface area contributed by atoms with Crippen LogP contribution < -0.4 is 0 Å². The Hall–Kier alpha value is 0.100. The molecule has 0 aromatic carbocycles. The predicted octanol–water partition coefficient (Wildman–Crippen LogP) is 6.76. The number of rotatable bonds is 13. The summed E-state index contributed by atoms with van der Waals surface area (Å²) in [7, 11) is 0.406. The molecule has 0 aromatic rings. The first kappa shape index (κ1) is 18.1. The van der Waals surface area contributed by atoms with Crippen molar-refractivity contribution in [3.05, 3.63) is 0 Å². The summed E-state index contributed by atoms with van der Waals surface area (Å²) in [6, 6.07) is 0. The second-order valence-electron chi connectivity index (χ2n) is 5.69. The largest absolute Gasteiger partial charge is 0.274 e. The minimum atomic E-state index is 0.109. The Labute approximate surface area is 116 Å². The van der Waals surface area contributed by atoms with Crippen molar-refractivity contribution >= 4 is 8.46 Å². The maximum Gasteiger partial charge on any atom is 0.162 e. The fourth-order valence-corrected chi connectivity index (χ4v) is 3.33. The Morgan fingerprint density at radius 3 is 1.56 bits per heavy atom. The van der Waals surface area contributed by atoms with E-state index in [2.05, 4.69) is 20.8 Å². The van der Waals surface area contributed by atoms with E-state index in [1.54, 1.807) is 0 Å². The van der Waals surface area contributed by atoms with Gasteiger partial charge in [0.15, 0.2) is 8.46 Å². The molecule has 0 aromatic heterocycles. The van der Waals surface area contributed by atoms with E-state index in [9.17, 15) is 4.57 Å². The maximum atomic E-state index is 11.7. The highest BCUT2D eigenvalue weighted by atomic mass is 31.1. The lowest BCUT2D eigenvalue weighted by Gasteiger charge is -2.27. The van der Waals surface area contributed by atoms with Crippen LogP contribution in [0.1, 0.15) is 97.8 Å². The van der Waals surface area contributed by atoms with Crippen LogP contribution in [-0.4, -0.2) is 5.16 Å². The summed E-state index contributed by atoms with van der Waals surface area (Å²) in [5.41, 5.74) is 0. The Morgan fingerprint density at radius 2 is 1.11 bits per heavy atom. The summed E-state index contributed by atoms with van der Waals surface area (Å²) in [6.07, 6.45) is 15.0. The Bertz CT molecular complexity index is 184. The van der Waals surface area contributed by atoms with Gasteiger partial charge >= 0.3 is 0 Å². The fourth-order valence-electron chi connectivity index (χ4n) is 2.58. The van der Waals surface area contributed by atoms with E-state index in [0.717, 1.165) is 12.8 Å². The highest BCUT2D eigenvalue weighted by Crippen LogP contribution is 2.39. The van der Waals surface area contributed by atoms with E-state index in [-0.39, 0.29) is 5.16 Å². The molecule has 108 valence electrons. The molecule has 0 saturated heterocycles. The molecule has 0 atom stereocenters. The summed E-state index contributed by atoms with van der Waals surface area (Å²) in [5, 5.41) is 0.109. The van der Waals surface area contributed by atoms with Crippen molar-refractivity contribution in [3.8, 4) is 0 Å². The van der Waals surface area contributed by atoms with Crippen LogP contribution in [0.15, 0.2) is 0 Å². The van der Waals surface area contributed by atoms with Crippen LogP contribution in [0.3, 0.4) is 0 Å². The van der Waals surface area contributed by atoms with Crippen LogP contribution in [0.4, 0.5) is 0 Å². The molecule has 0 aliphatic heterocycles. The zero-order chi connectivity index (χ0) is 13.7. The average Bonchev–Trinajstić information content (AvgIpc) is 2.41. The number of hydrogen-bond donors (Lipinski definition) is 0. The van der Waals surface area contributed by atoms with Gasteiger partial charge in [-0.15, -0.1) is 0 Å². The molecule has 0 aliphatic carbocycles. The smallest absolute Gasteiger partial charge is 0.162 e. The van der Waals surface area contributed by atoms with Crippen LogP contribution in [0.2, 0.25) is 0 Å². The third kappa shape index (κ3) is 8.25. The highest BCUT2D eigenvalue weighted by molar-refractivity contribution is 7.26. The second kappa shape index (κ2) is 12.2. The number of hydrogen-bond acceptors (Lipinski definition) is 1. The standard InChI is InChI=1S/C16H33OP/c1-4-7-10-11-12-15-16(18-17,13-8-5-2)14-9-6-3/h4-15H2,1-3H3. The molecule has 0 heterocycles. The summed E-state index contributed by atoms with van der Waals surface area (Å²) in [5.74, 6) is 0. The lowest BCUT2D eigenvalue weighted by atomic mass is 9.89. The maximum absolute atomic E-state index is 11.7. The first-order valence-electron chi connectivity index (χ1n) is 8.09. The van der Waals surface area contributed by atoms with Crippen LogP contribution in [-0.2, 0) is 4.57 Å². The van der Waals surface area contributed by atoms with E-state index in [1.165, 1.54) is 64.2 Å². The summed E-state index contributed by atoms with van der Waals surface area (Å²) < 4.78 is 11.7. The third-order valence-electron chi connectivity index (χ3n) is 3.93. The van der Waals surface area contributed by atoms with Gasteiger partial charge < -0.3 is 0 Å². The highest BCUT2D eigenvalue weighted by Gasteiger charge is 2.29.